The summed E-state index contributed by atoms with van der Waals surface area (Å²) in [5.41, 5.74) is 3.79. The third kappa shape index (κ3) is 5.99. The number of carboxylic acid groups (broad SMARTS) is 1. The van der Waals surface area contributed by atoms with Gasteiger partial charge in [-0.25, -0.2) is 14.8 Å². The SMILES string of the molecule is CC/C(=C\c1ccccc1)[C@@H]1C[C@H]1NC1CCC(NCc2cnc(C(=O)O)nc2)CC1. The molecule has 2 fully saturated rings. The Hall–Kier alpha value is -2.57. The van der Waals surface area contributed by atoms with Crippen molar-refractivity contribution in [1.82, 2.24) is 20.6 Å². The molecule has 3 N–H and O–H groups in total. The summed E-state index contributed by atoms with van der Waals surface area (Å²) in [7, 11) is 0. The molecule has 1 heterocycles. The molecule has 0 spiro atoms. The van der Waals surface area contributed by atoms with Gasteiger partial charge in [0, 0.05) is 42.6 Å². The van der Waals surface area contributed by atoms with Gasteiger partial charge in [-0.15, -0.1) is 0 Å². The first-order chi connectivity index (χ1) is 15.1. The highest BCUT2D eigenvalue weighted by Crippen LogP contribution is 2.40. The Morgan fingerprint density at radius 2 is 1.77 bits per heavy atom. The van der Waals surface area contributed by atoms with Gasteiger partial charge in [-0.1, -0.05) is 48.9 Å². The molecule has 1 aromatic heterocycles. The van der Waals surface area contributed by atoms with Gasteiger partial charge < -0.3 is 15.7 Å². The summed E-state index contributed by atoms with van der Waals surface area (Å²) in [5, 5.41) is 16.4. The van der Waals surface area contributed by atoms with Crippen LogP contribution < -0.4 is 10.6 Å². The molecule has 2 aromatic rings. The molecule has 0 amide bonds. The highest BCUT2D eigenvalue weighted by Gasteiger charge is 2.40. The summed E-state index contributed by atoms with van der Waals surface area (Å²) < 4.78 is 0. The van der Waals surface area contributed by atoms with E-state index in [1.54, 1.807) is 18.0 Å². The van der Waals surface area contributed by atoms with Gasteiger partial charge >= 0.3 is 5.97 Å². The van der Waals surface area contributed by atoms with Crippen LogP contribution in [0.15, 0.2) is 48.3 Å². The molecule has 2 atom stereocenters. The average Bonchev–Trinajstić information content (AvgIpc) is 3.56. The third-order valence-electron chi connectivity index (χ3n) is 6.50. The highest BCUT2D eigenvalue weighted by atomic mass is 16.4. The zero-order valence-corrected chi connectivity index (χ0v) is 18.1. The second-order valence-electron chi connectivity index (χ2n) is 8.75. The highest BCUT2D eigenvalue weighted by molar-refractivity contribution is 5.82. The lowest BCUT2D eigenvalue weighted by atomic mass is 9.91. The van der Waals surface area contributed by atoms with Crippen LogP contribution in [0.2, 0.25) is 0 Å². The lowest BCUT2D eigenvalue weighted by molar-refractivity contribution is 0.0683. The first kappa shape index (κ1) is 21.7. The minimum absolute atomic E-state index is 0.154. The van der Waals surface area contributed by atoms with Crippen molar-refractivity contribution in [3.8, 4) is 0 Å². The van der Waals surface area contributed by atoms with Gasteiger partial charge in [0.05, 0.1) is 0 Å². The Balaban J connectivity index is 1.18. The molecule has 6 nitrogen and oxygen atoms in total. The van der Waals surface area contributed by atoms with Crippen molar-refractivity contribution in [1.29, 1.82) is 0 Å². The fourth-order valence-corrected chi connectivity index (χ4v) is 4.61. The number of aromatic carboxylic acids is 1. The van der Waals surface area contributed by atoms with Crippen molar-refractivity contribution in [2.45, 2.75) is 70.1 Å². The number of hydrogen-bond donors (Lipinski definition) is 3. The van der Waals surface area contributed by atoms with Crippen LogP contribution in [-0.4, -0.2) is 39.2 Å². The van der Waals surface area contributed by atoms with E-state index in [2.05, 4.69) is 63.9 Å². The Morgan fingerprint density at radius 3 is 2.42 bits per heavy atom. The van der Waals surface area contributed by atoms with Gasteiger partial charge in [-0.2, -0.15) is 0 Å². The normalized spacial score (nSPS) is 25.9. The Labute approximate surface area is 184 Å². The van der Waals surface area contributed by atoms with Crippen molar-refractivity contribution < 1.29 is 9.90 Å². The first-order valence-corrected chi connectivity index (χ1v) is 11.4. The monoisotopic (exact) mass is 420 g/mol. The van der Waals surface area contributed by atoms with Crippen molar-refractivity contribution in [3.63, 3.8) is 0 Å². The molecular weight excluding hydrogens is 388 g/mol. The molecule has 0 unspecified atom stereocenters. The number of aromatic nitrogens is 2. The molecule has 2 aliphatic carbocycles. The van der Waals surface area contributed by atoms with Gasteiger partial charge in [-0.3, -0.25) is 0 Å². The summed E-state index contributed by atoms with van der Waals surface area (Å²) in [6, 6.07) is 12.4. The number of nitrogens with one attached hydrogen (secondary N) is 2. The van der Waals surface area contributed by atoms with E-state index in [1.165, 1.54) is 24.8 Å². The van der Waals surface area contributed by atoms with Gasteiger partial charge in [0.1, 0.15) is 0 Å². The topological polar surface area (TPSA) is 87.1 Å². The zero-order chi connectivity index (χ0) is 21.6. The molecule has 0 saturated heterocycles. The lowest BCUT2D eigenvalue weighted by Gasteiger charge is -2.30. The van der Waals surface area contributed by atoms with Crippen LogP contribution in [0.3, 0.4) is 0 Å². The number of carboxylic acids is 1. The van der Waals surface area contributed by atoms with Crippen LogP contribution in [0.5, 0.6) is 0 Å². The van der Waals surface area contributed by atoms with Crippen molar-refractivity contribution in [2.24, 2.45) is 5.92 Å². The third-order valence-corrected chi connectivity index (χ3v) is 6.50. The van der Waals surface area contributed by atoms with Crippen LogP contribution in [0.4, 0.5) is 0 Å². The molecule has 1 aromatic carbocycles. The molecular formula is C25H32N4O2. The van der Waals surface area contributed by atoms with E-state index < -0.39 is 5.97 Å². The van der Waals surface area contributed by atoms with Crippen LogP contribution in [0.25, 0.3) is 6.08 Å². The predicted molar refractivity (Wildman–Crippen MR) is 122 cm³/mol. The largest absolute Gasteiger partial charge is 0.475 e. The molecule has 4 rings (SSSR count). The number of nitrogens with zero attached hydrogens (tertiary/aromatic N) is 2. The molecule has 0 bridgehead atoms. The van der Waals surface area contributed by atoms with Crippen molar-refractivity contribution in [2.75, 3.05) is 0 Å². The summed E-state index contributed by atoms with van der Waals surface area (Å²) in [5.74, 6) is -0.557. The lowest BCUT2D eigenvalue weighted by Crippen LogP contribution is -2.40. The Bertz CT molecular complexity index is 889. The van der Waals surface area contributed by atoms with Gasteiger partial charge in [0.25, 0.3) is 0 Å². The second-order valence-corrected chi connectivity index (χ2v) is 8.75. The molecule has 164 valence electrons. The standard InChI is InChI=1S/C25H32N4O2/c1-2-19(12-17-6-4-3-5-7-17)22-13-23(22)29-21-10-8-20(9-11-21)26-14-18-15-27-24(25(30)31)28-16-18/h3-7,12,15-16,20-23,26,29H,2,8-11,13-14H2,1H3,(H,30,31)/b19-12+/t20?,21?,22-,23+/m0/s1. The zero-order valence-electron chi connectivity index (χ0n) is 18.1. The fourth-order valence-electron chi connectivity index (χ4n) is 4.61. The smallest absolute Gasteiger partial charge is 0.373 e. The molecule has 6 heteroatoms. The van der Waals surface area contributed by atoms with E-state index >= 15 is 0 Å². The second kappa shape index (κ2) is 10.2. The van der Waals surface area contributed by atoms with E-state index in [-0.39, 0.29) is 5.82 Å². The molecule has 2 saturated carbocycles. The van der Waals surface area contributed by atoms with E-state index in [0.29, 0.717) is 30.6 Å². The number of benzene rings is 1. The minimum atomic E-state index is -1.09. The molecule has 31 heavy (non-hydrogen) atoms. The van der Waals surface area contributed by atoms with E-state index in [4.69, 9.17) is 5.11 Å². The Kier molecular flexibility index (Phi) is 7.10. The molecule has 2 aliphatic rings. The molecule has 0 aliphatic heterocycles. The maximum atomic E-state index is 10.8. The number of hydrogen-bond acceptors (Lipinski definition) is 5. The average molecular weight is 421 g/mol. The number of rotatable bonds is 9. The summed E-state index contributed by atoms with van der Waals surface area (Å²) >= 11 is 0. The van der Waals surface area contributed by atoms with E-state index in [9.17, 15) is 4.79 Å². The quantitative estimate of drug-likeness (QED) is 0.567. The summed E-state index contributed by atoms with van der Waals surface area (Å²) in [6.45, 7) is 2.94. The van der Waals surface area contributed by atoms with Crippen molar-refractivity contribution in [3.05, 3.63) is 65.2 Å². The Morgan fingerprint density at radius 1 is 1.10 bits per heavy atom. The van der Waals surface area contributed by atoms with E-state index in [1.807, 2.05) is 0 Å². The van der Waals surface area contributed by atoms with Gasteiger partial charge in [0.15, 0.2) is 0 Å². The van der Waals surface area contributed by atoms with Crippen LogP contribution >= 0.6 is 0 Å². The minimum Gasteiger partial charge on any atom is -0.475 e. The molecule has 0 radical (unpaired) electrons. The van der Waals surface area contributed by atoms with Crippen LogP contribution in [0.1, 0.15) is 67.2 Å². The maximum Gasteiger partial charge on any atom is 0.373 e. The fraction of sp³-hybridized carbons (Fsp3) is 0.480. The number of carbonyl (C=O) groups is 1. The van der Waals surface area contributed by atoms with E-state index in [0.717, 1.165) is 24.8 Å². The van der Waals surface area contributed by atoms with Gasteiger partial charge in [-0.05, 0) is 50.0 Å². The van der Waals surface area contributed by atoms with Crippen LogP contribution in [-0.2, 0) is 6.54 Å². The summed E-state index contributed by atoms with van der Waals surface area (Å²) in [4.78, 5) is 18.6. The first-order valence-electron chi connectivity index (χ1n) is 11.4. The van der Waals surface area contributed by atoms with Crippen LogP contribution in [0, 0.1) is 5.92 Å². The van der Waals surface area contributed by atoms with Crippen molar-refractivity contribution >= 4 is 12.0 Å². The predicted octanol–water partition coefficient (Wildman–Crippen LogP) is 4.05. The maximum absolute atomic E-state index is 10.8. The van der Waals surface area contributed by atoms with Gasteiger partial charge in [0.2, 0.25) is 5.82 Å². The summed E-state index contributed by atoms with van der Waals surface area (Å²) in [6.07, 6.45) is 12.6.